The zero-order valence-corrected chi connectivity index (χ0v) is 11.0. The molecule has 2 aromatic rings. The standard InChI is InChI=1S/C12H16N4O3/c1-7(11-15-14-6-16(11)3)13-5-9-4-10(12(17)18)8(2)19-9/h4,6-7,13H,5H2,1-3H3,(H,17,18). The average Bonchev–Trinajstić information content (AvgIpc) is 2.92. The molecule has 19 heavy (non-hydrogen) atoms. The smallest absolute Gasteiger partial charge is 0.339 e. The van der Waals surface area contributed by atoms with Gasteiger partial charge in [-0.25, -0.2) is 4.79 Å². The van der Waals surface area contributed by atoms with Crippen LogP contribution in [0.2, 0.25) is 0 Å². The van der Waals surface area contributed by atoms with Crippen molar-refractivity contribution >= 4 is 5.97 Å². The number of aromatic nitrogens is 3. The zero-order chi connectivity index (χ0) is 14.0. The first kappa shape index (κ1) is 13.3. The molecule has 0 radical (unpaired) electrons. The van der Waals surface area contributed by atoms with Gasteiger partial charge in [-0.3, -0.25) is 0 Å². The van der Waals surface area contributed by atoms with Crippen LogP contribution in [0.1, 0.15) is 40.7 Å². The number of carboxylic acids is 1. The second kappa shape index (κ2) is 5.23. The monoisotopic (exact) mass is 264 g/mol. The first-order valence-corrected chi connectivity index (χ1v) is 5.89. The maximum atomic E-state index is 10.9. The van der Waals surface area contributed by atoms with Crippen molar-refractivity contribution in [3.05, 3.63) is 35.3 Å². The number of aryl methyl sites for hydroxylation is 2. The van der Waals surface area contributed by atoms with Crippen molar-refractivity contribution in [2.45, 2.75) is 26.4 Å². The number of hydrogen-bond donors (Lipinski definition) is 2. The van der Waals surface area contributed by atoms with E-state index in [4.69, 9.17) is 9.52 Å². The molecule has 0 aliphatic heterocycles. The number of hydrogen-bond acceptors (Lipinski definition) is 5. The summed E-state index contributed by atoms with van der Waals surface area (Å²) in [5, 5.41) is 20.0. The molecule has 0 aliphatic rings. The number of aromatic carboxylic acids is 1. The van der Waals surface area contributed by atoms with Crippen LogP contribution in [-0.4, -0.2) is 25.8 Å². The summed E-state index contributed by atoms with van der Waals surface area (Å²) < 4.78 is 7.21. The molecule has 2 rings (SSSR count). The lowest BCUT2D eigenvalue weighted by Crippen LogP contribution is -2.20. The highest BCUT2D eigenvalue weighted by molar-refractivity contribution is 5.88. The molecule has 0 fully saturated rings. The quantitative estimate of drug-likeness (QED) is 0.844. The van der Waals surface area contributed by atoms with Crippen molar-refractivity contribution in [2.75, 3.05) is 0 Å². The Morgan fingerprint density at radius 3 is 2.89 bits per heavy atom. The van der Waals surface area contributed by atoms with Crippen LogP contribution in [0.3, 0.4) is 0 Å². The molecule has 1 atom stereocenters. The summed E-state index contributed by atoms with van der Waals surface area (Å²) in [5.74, 6) is 0.829. The lowest BCUT2D eigenvalue weighted by atomic mass is 10.2. The number of carbonyl (C=O) groups is 1. The number of rotatable bonds is 5. The van der Waals surface area contributed by atoms with Gasteiger partial charge in [-0.05, 0) is 19.9 Å². The average molecular weight is 264 g/mol. The third-order valence-corrected chi connectivity index (χ3v) is 2.92. The Labute approximate surface area is 110 Å². The molecule has 0 saturated carbocycles. The normalized spacial score (nSPS) is 12.6. The molecule has 1 unspecified atom stereocenters. The molecule has 2 aromatic heterocycles. The fraction of sp³-hybridized carbons (Fsp3) is 0.417. The van der Waals surface area contributed by atoms with Gasteiger partial charge in [0.15, 0.2) is 0 Å². The molecular weight excluding hydrogens is 248 g/mol. The van der Waals surface area contributed by atoms with Gasteiger partial charge in [-0.2, -0.15) is 0 Å². The van der Waals surface area contributed by atoms with Gasteiger partial charge in [0.25, 0.3) is 0 Å². The van der Waals surface area contributed by atoms with E-state index >= 15 is 0 Å². The summed E-state index contributed by atoms with van der Waals surface area (Å²) in [5.41, 5.74) is 0.197. The number of furan rings is 1. The second-order valence-corrected chi connectivity index (χ2v) is 4.39. The van der Waals surface area contributed by atoms with E-state index in [2.05, 4.69) is 15.5 Å². The molecule has 0 saturated heterocycles. The van der Waals surface area contributed by atoms with Gasteiger partial charge < -0.3 is 19.4 Å². The molecule has 2 heterocycles. The van der Waals surface area contributed by atoms with Gasteiger partial charge >= 0.3 is 5.97 Å². The van der Waals surface area contributed by atoms with E-state index in [0.717, 1.165) is 5.82 Å². The maximum Gasteiger partial charge on any atom is 0.339 e. The minimum absolute atomic E-state index is 0.00816. The van der Waals surface area contributed by atoms with E-state index in [1.807, 2.05) is 18.5 Å². The molecule has 0 spiro atoms. The molecule has 0 bridgehead atoms. The fourth-order valence-corrected chi connectivity index (χ4v) is 1.87. The number of nitrogens with zero attached hydrogens (tertiary/aromatic N) is 3. The van der Waals surface area contributed by atoms with Crippen LogP contribution in [-0.2, 0) is 13.6 Å². The molecule has 0 aromatic carbocycles. The predicted octanol–water partition coefficient (Wildman–Crippen LogP) is 1.27. The Balaban J connectivity index is 2.01. The Bertz CT molecular complexity index is 588. The van der Waals surface area contributed by atoms with E-state index in [-0.39, 0.29) is 11.6 Å². The minimum atomic E-state index is -0.978. The Morgan fingerprint density at radius 2 is 2.37 bits per heavy atom. The fourth-order valence-electron chi connectivity index (χ4n) is 1.87. The summed E-state index contributed by atoms with van der Waals surface area (Å²) in [7, 11) is 1.87. The Morgan fingerprint density at radius 1 is 1.63 bits per heavy atom. The largest absolute Gasteiger partial charge is 0.478 e. The summed E-state index contributed by atoms with van der Waals surface area (Å²) in [6.07, 6.45) is 1.63. The molecule has 7 heteroatoms. The molecular formula is C12H16N4O3. The Hall–Kier alpha value is -2.15. The van der Waals surface area contributed by atoms with Gasteiger partial charge in [0.05, 0.1) is 12.6 Å². The Kier molecular flexibility index (Phi) is 3.66. The maximum absolute atomic E-state index is 10.9. The first-order valence-electron chi connectivity index (χ1n) is 5.89. The van der Waals surface area contributed by atoms with Crippen LogP contribution in [0, 0.1) is 6.92 Å². The van der Waals surface area contributed by atoms with Crippen LogP contribution in [0.15, 0.2) is 16.8 Å². The van der Waals surface area contributed by atoms with Gasteiger partial charge in [0.1, 0.15) is 29.2 Å². The lowest BCUT2D eigenvalue weighted by molar-refractivity contribution is 0.0695. The van der Waals surface area contributed by atoms with Crippen LogP contribution < -0.4 is 5.32 Å². The zero-order valence-electron chi connectivity index (χ0n) is 11.0. The molecule has 0 aliphatic carbocycles. The summed E-state index contributed by atoms with van der Waals surface area (Å²) in [6.45, 7) is 4.03. The molecule has 7 nitrogen and oxygen atoms in total. The summed E-state index contributed by atoms with van der Waals surface area (Å²) >= 11 is 0. The first-order chi connectivity index (χ1) is 8.99. The van der Waals surface area contributed by atoms with Gasteiger partial charge in [0, 0.05) is 7.05 Å². The molecule has 102 valence electrons. The van der Waals surface area contributed by atoms with E-state index in [1.54, 1.807) is 13.3 Å². The third kappa shape index (κ3) is 2.82. The predicted molar refractivity (Wildman–Crippen MR) is 66.7 cm³/mol. The van der Waals surface area contributed by atoms with Crippen molar-refractivity contribution in [3.8, 4) is 0 Å². The summed E-state index contributed by atoms with van der Waals surface area (Å²) in [6, 6.07) is 1.53. The second-order valence-electron chi connectivity index (χ2n) is 4.39. The molecule has 0 amide bonds. The highest BCUT2D eigenvalue weighted by Gasteiger charge is 2.15. The van der Waals surface area contributed by atoms with Crippen molar-refractivity contribution in [3.63, 3.8) is 0 Å². The van der Waals surface area contributed by atoms with E-state index in [1.165, 1.54) is 6.07 Å². The van der Waals surface area contributed by atoms with Crippen molar-refractivity contribution in [2.24, 2.45) is 7.05 Å². The van der Waals surface area contributed by atoms with Gasteiger partial charge in [0.2, 0.25) is 0 Å². The summed E-state index contributed by atoms with van der Waals surface area (Å²) in [4.78, 5) is 10.9. The van der Waals surface area contributed by atoms with Gasteiger partial charge in [-0.1, -0.05) is 0 Å². The van der Waals surface area contributed by atoms with Crippen LogP contribution >= 0.6 is 0 Å². The topological polar surface area (TPSA) is 93.2 Å². The van der Waals surface area contributed by atoms with Crippen LogP contribution in [0.5, 0.6) is 0 Å². The van der Waals surface area contributed by atoms with Crippen LogP contribution in [0.25, 0.3) is 0 Å². The SMILES string of the molecule is Cc1oc(CNC(C)c2nncn2C)cc1C(=O)O. The highest BCUT2D eigenvalue weighted by Crippen LogP contribution is 2.16. The van der Waals surface area contributed by atoms with Crippen LogP contribution in [0.4, 0.5) is 0 Å². The van der Waals surface area contributed by atoms with E-state index in [9.17, 15) is 4.79 Å². The van der Waals surface area contributed by atoms with E-state index in [0.29, 0.717) is 18.1 Å². The third-order valence-electron chi connectivity index (χ3n) is 2.92. The lowest BCUT2D eigenvalue weighted by Gasteiger charge is -2.11. The van der Waals surface area contributed by atoms with E-state index < -0.39 is 5.97 Å². The van der Waals surface area contributed by atoms with Crippen molar-refractivity contribution in [1.29, 1.82) is 0 Å². The number of carboxylic acid groups (broad SMARTS) is 1. The molecule has 2 N–H and O–H groups in total. The number of nitrogens with one attached hydrogen (secondary N) is 1. The van der Waals surface area contributed by atoms with Crippen molar-refractivity contribution in [1.82, 2.24) is 20.1 Å². The highest BCUT2D eigenvalue weighted by atomic mass is 16.4. The van der Waals surface area contributed by atoms with Gasteiger partial charge in [-0.15, -0.1) is 10.2 Å². The minimum Gasteiger partial charge on any atom is -0.478 e. The van der Waals surface area contributed by atoms with Crippen molar-refractivity contribution < 1.29 is 14.3 Å².